The summed E-state index contributed by atoms with van der Waals surface area (Å²) in [6.07, 6.45) is 5.57. The maximum Gasteiger partial charge on any atom is 0.135 e. The second kappa shape index (κ2) is 11.5. The lowest BCUT2D eigenvalue weighted by molar-refractivity contribution is 0.0653. The van der Waals surface area contributed by atoms with Crippen molar-refractivity contribution in [2.75, 3.05) is 19.7 Å². The summed E-state index contributed by atoms with van der Waals surface area (Å²) in [6, 6.07) is 17.7. The van der Waals surface area contributed by atoms with Crippen LogP contribution in [0.25, 0.3) is 11.1 Å². The third-order valence-corrected chi connectivity index (χ3v) is 5.99. The molecular formula is C27H28N4O3. The van der Waals surface area contributed by atoms with Crippen molar-refractivity contribution in [2.24, 2.45) is 5.92 Å². The molecule has 3 N–H and O–H groups in total. The van der Waals surface area contributed by atoms with Crippen LogP contribution < -0.4 is 10.1 Å². The molecule has 34 heavy (non-hydrogen) atoms. The number of hydrogen-bond acceptors (Lipinski definition) is 6. The molecule has 3 aromatic rings. The van der Waals surface area contributed by atoms with Crippen LogP contribution in [0.4, 0.5) is 0 Å². The normalized spacial score (nSPS) is 17.7. The van der Waals surface area contributed by atoms with Gasteiger partial charge < -0.3 is 24.8 Å². The van der Waals surface area contributed by atoms with Crippen LogP contribution >= 0.6 is 0 Å². The summed E-state index contributed by atoms with van der Waals surface area (Å²) < 4.78 is 7.74. The van der Waals surface area contributed by atoms with E-state index in [2.05, 4.69) is 40.3 Å². The summed E-state index contributed by atoms with van der Waals surface area (Å²) >= 11 is 0. The Balaban J connectivity index is 1.32. The Morgan fingerprint density at radius 3 is 2.44 bits per heavy atom. The van der Waals surface area contributed by atoms with Crippen LogP contribution in [0.15, 0.2) is 60.9 Å². The van der Waals surface area contributed by atoms with E-state index in [0.717, 1.165) is 41.8 Å². The van der Waals surface area contributed by atoms with E-state index >= 15 is 0 Å². The van der Waals surface area contributed by atoms with Gasteiger partial charge in [0.25, 0.3) is 0 Å². The SMILES string of the molecule is N#CCNCC1CC(Oc2ccc(-c3ccc(C#CC(CO)n4ccnc4CO)cc3)cc2)C1. The van der Waals surface area contributed by atoms with Gasteiger partial charge in [0.15, 0.2) is 0 Å². The van der Waals surface area contributed by atoms with Gasteiger partial charge in [0.05, 0.1) is 25.3 Å². The predicted octanol–water partition coefficient (Wildman–Crippen LogP) is 2.90. The third kappa shape index (κ3) is 5.84. The maximum atomic E-state index is 9.69. The summed E-state index contributed by atoms with van der Waals surface area (Å²) in [5.41, 5.74) is 3.02. The molecule has 1 saturated carbocycles. The second-order valence-corrected chi connectivity index (χ2v) is 8.34. The van der Waals surface area contributed by atoms with Crippen molar-refractivity contribution >= 4 is 0 Å². The highest BCUT2D eigenvalue weighted by atomic mass is 16.5. The number of aliphatic hydroxyl groups excluding tert-OH is 2. The first-order valence-electron chi connectivity index (χ1n) is 11.4. The van der Waals surface area contributed by atoms with Crippen molar-refractivity contribution in [3.05, 3.63) is 72.3 Å². The highest BCUT2D eigenvalue weighted by molar-refractivity contribution is 5.65. The van der Waals surface area contributed by atoms with Gasteiger partial charge in [-0.1, -0.05) is 36.1 Å². The number of nitrogens with one attached hydrogen (secondary N) is 1. The first-order valence-corrected chi connectivity index (χ1v) is 11.4. The molecule has 0 spiro atoms. The lowest BCUT2D eigenvalue weighted by Gasteiger charge is -2.35. The average molecular weight is 457 g/mol. The fourth-order valence-electron chi connectivity index (χ4n) is 4.05. The fraction of sp³-hybridized carbons (Fsp3) is 0.333. The number of hydrogen-bond donors (Lipinski definition) is 3. The molecule has 0 bridgehead atoms. The molecule has 1 aliphatic rings. The molecule has 1 unspecified atom stereocenters. The van der Waals surface area contributed by atoms with Crippen LogP contribution in [0.2, 0.25) is 0 Å². The molecule has 7 nitrogen and oxygen atoms in total. The maximum absolute atomic E-state index is 9.69. The number of aromatic nitrogens is 2. The molecule has 1 fully saturated rings. The van der Waals surface area contributed by atoms with Gasteiger partial charge in [-0.15, -0.1) is 0 Å². The topological polar surface area (TPSA) is 103 Å². The first-order chi connectivity index (χ1) is 16.7. The van der Waals surface area contributed by atoms with E-state index in [-0.39, 0.29) is 19.3 Å². The monoisotopic (exact) mass is 456 g/mol. The first kappa shape index (κ1) is 23.5. The van der Waals surface area contributed by atoms with Gasteiger partial charge in [-0.3, -0.25) is 0 Å². The quantitative estimate of drug-likeness (QED) is 0.260. The number of rotatable bonds is 9. The van der Waals surface area contributed by atoms with Crippen LogP contribution in [-0.2, 0) is 6.61 Å². The number of ether oxygens (including phenoxy) is 1. The van der Waals surface area contributed by atoms with E-state index < -0.39 is 6.04 Å². The summed E-state index contributed by atoms with van der Waals surface area (Å²) in [5, 5.41) is 30.8. The molecule has 1 heterocycles. The van der Waals surface area contributed by atoms with Crippen LogP contribution in [0.3, 0.4) is 0 Å². The average Bonchev–Trinajstić information content (AvgIpc) is 3.32. The summed E-state index contributed by atoms with van der Waals surface area (Å²) in [6.45, 7) is 0.909. The van der Waals surface area contributed by atoms with Crippen molar-refractivity contribution in [3.63, 3.8) is 0 Å². The van der Waals surface area contributed by atoms with Crippen molar-refractivity contribution in [1.82, 2.24) is 14.9 Å². The predicted molar refractivity (Wildman–Crippen MR) is 129 cm³/mol. The molecule has 0 aliphatic heterocycles. The third-order valence-electron chi connectivity index (χ3n) is 5.99. The van der Waals surface area contributed by atoms with Gasteiger partial charge in [-0.25, -0.2) is 4.98 Å². The zero-order valence-electron chi connectivity index (χ0n) is 18.9. The lowest BCUT2D eigenvalue weighted by Crippen LogP contribution is -2.39. The van der Waals surface area contributed by atoms with Gasteiger partial charge in [-0.05, 0) is 60.7 Å². The largest absolute Gasteiger partial charge is 0.490 e. The van der Waals surface area contributed by atoms with Gasteiger partial charge in [0.2, 0.25) is 0 Å². The van der Waals surface area contributed by atoms with Crippen molar-refractivity contribution in [3.8, 4) is 34.8 Å². The molecule has 4 rings (SSSR count). The number of benzene rings is 2. The van der Waals surface area contributed by atoms with Gasteiger partial charge >= 0.3 is 0 Å². The standard InChI is InChI=1S/C27H28N4O3/c28-11-12-29-17-21-15-26(16-21)34-25-9-6-23(7-10-25)22-4-1-20(2-5-22)3-8-24(18-32)31-14-13-30-27(31)19-33/h1-2,4-7,9-10,13-14,21,24,26,29,32-33H,12,15-19H2. The molecule has 1 aromatic heterocycles. The molecule has 0 saturated heterocycles. The molecule has 1 aliphatic carbocycles. The highest BCUT2D eigenvalue weighted by Gasteiger charge is 2.30. The Hall–Kier alpha value is -3.62. The number of imidazole rings is 1. The molecule has 174 valence electrons. The minimum Gasteiger partial charge on any atom is -0.490 e. The Morgan fingerprint density at radius 1 is 1.09 bits per heavy atom. The molecule has 1 atom stereocenters. The smallest absolute Gasteiger partial charge is 0.135 e. The molecule has 0 radical (unpaired) electrons. The fourth-order valence-corrected chi connectivity index (χ4v) is 4.05. The van der Waals surface area contributed by atoms with E-state index in [4.69, 9.17) is 10.00 Å². The Morgan fingerprint density at radius 2 is 1.79 bits per heavy atom. The summed E-state index contributed by atoms with van der Waals surface area (Å²) in [4.78, 5) is 4.06. The highest BCUT2D eigenvalue weighted by Crippen LogP contribution is 2.31. The van der Waals surface area contributed by atoms with E-state index in [1.807, 2.05) is 36.4 Å². The molecular weight excluding hydrogens is 428 g/mol. The van der Waals surface area contributed by atoms with Crippen LogP contribution in [0.5, 0.6) is 5.75 Å². The summed E-state index contributed by atoms with van der Waals surface area (Å²) in [7, 11) is 0. The second-order valence-electron chi connectivity index (χ2n) is 8.34. The van der Waals surface area contributed by atoms with Crippen molar-refractivity contribution in [1.29, 1.82) is 5.26 Å². The molecule has 7 heteroatoms. The molecule has 0 amide bonds. The Bertz CT molecular complexity index is 1160. The number of nitriles is 1. The van der Waals surface area contributed by atoms with E-state index in [9.17, 15) is 10.2 Å². The van der Waals surface area contributed by atoms with Crippen molar-refractivity contribution in [2.45, 2.75) is 31.6 Å². The minimum atomic E-state index is -0.461. The van der Waals surface area contributed by atoms with E-state index in [0.29, 0.717) is 18.3 Å². The van der Waals surface area contributed by atoms with E-state index in [1.54, 1.807) is 17.0 Å². The number of nitrogens with zero attached hydrogens (tertiary/aromatic N) is 3. The van der Waals surface area contributed by atoms with Crippen LogP contribution in [0.1, 0.15) is 30.3 Å². The summed E-state index contributed by atoms with van der Waals surface area (Å²) in [5.74, 6) is 8.08. The number of aliphatic hydroxyl groups is 2. The van der Waals surface area contributed by atoms with Gasteiger partial charge in [0.1, 0.15) is 24.2 Å². The minimum absolute atomic E-state index is 0.164. The van der Waals surface area contributed by atoms with Crippen LogP contribution in [0, 0.1) is 29.1 Å². The lowest BCUT2D eigenvalue weighted by atomic mass is 9.82. The van der Waals surface area contributed by atoms with Gasteiger partial charge in [0, 0.05) is 18.0 Å². The zero-order chi connectivity index (χ0) is 23.8. The van der Waals surface area contributed by atoms with E-state index in [1.165, 1.54) is 0 Å². The zero-order valence-corrected chi connectivity index (χ0v) is 18.9. The van der Waals surface area contributed by atoms with Crippen LogP contribution in [-0.4, -0.2) is 45.6 Å². The Kier molecular flexibility index (Phi) is 7.95. The van der Waals surface area contributed by atoms with Crippen molar-refractivity contribution < 1.29 is 14.9 Å². The Labute approximate surface area is 199 Å². The van der Waals surface area contributed by atoms with Gasteiger partial charge in [-0.2, -0.15) is 5.26 Å². The molecule has 2 aromatic carbocycles.